The summed E-state index contributed by atoms with van der Waals surface area (Å²) in [5.74, 6) is 1.59. The molecule has 0 unspecified atom stereocenters. The maximum atomic E-state index is 8.56. The van der Waals surface area contributed by atoms with E-state index in [1.54, 1.807) is 36.0 Å². The Balaban J connectivity index is 2.27. The van der Waals surface area contributed by atoms with Crippen LogP contribution in [0.3, 0.4) is 0 Å². The summed E-state index contributed by atoms with van der Waals surface area (Å²) in [7, 11) is 0. The molecule has 0 saturated heterocycles. The summed E-state index contributed by atoms with van der Waals surface area (Å²) in [6, 6.07) is 6.96. The minimum Gasteiger partial charge on any atom is -0.493 e. The second-order valence-corrected chi connectivity index (χ2v) is 5.46. The number of hydrogen-bond acceptors (Lipinski definition) is 4. The summed E-state index contributed by atoms with van der Waals surface area (Å²) in [5.41, 5.74) is 0.518. The molecule has 0 bridgehead atoms. The van der Waals surface area contributed by atoms with Gasteiger partial charge in [-0.3, -0.25) is 0 Å². The van der Waals surface area contributed by atoms with Crippen LogP contribution in [0, 0.1) is 5.39 Å². The summed E-state index contributed by atoms with van der Waals surface area (Å²) >= 11 is 6.96. The molecular weight excluding hydrogens is 278 g/mol. The molecule has 6 heteroatoms. The van der Waals surface area contributed by atoms with Gasteiger partial charge in [-0.25, -0.2) is 0 Å². The Morgan fingerprint density at radius 2 is 1.95 bits per heavy atom. The fourth-order valence-corrected chi connectivity index (χ4v) is 2.76. The van der Waals surface area contributed by atoms with E-state index < -0.39 is 0 Å². The highest BCUT2D eigenvalue weighted by molar-refractivity contribution is 8.22. The Hall–Kier alpha value is -1.32. The number of nitrogens with zero attached hydrogens (tertiary/aromatic N) is 3. The zero-order valence-electron chi connectivity index (χ0n) is 11.2. The van der Waals surface area contributed by atoms with Gasteiger partial charge in [0.25, 0.3) is 0 Å². The Labute approximate surface area is 123 Å². The number of benzene rings is 1. The number of ether oxygens (including phenoxy) is 1. The largest absolute Gasteiger partial charge is 0.493 e. The fourth-order valence-electron chi connectivity index (χ4n) is 1.47. The van der Waals surface area contributed by atoms with Gasteiger partial charge in [-0.15, -0.1) is 0 Å². The third-order valence-electron chi connectivity index (χ3n) is 2.55. The minimum atomic E-state index is 0.518. The smallest absolute Gasteiger partial charge is 0.385 e. The van der Waals surface area contributed by atoms with Crippen LogP contribution in [0.4, 0.5) is 5.69 Å². The topological polar surface area (TPSA) is 40.6 Å². The molecule has 0 amide bonds. The van der Waals surface area contributed by atoms with Gasteiger partial charge < -0.3 is 9.64 Å². The summed E-state index contributed by atoms with van der Waals surface area (Å²) in [6.45, 7) is 6.67. The molecule has 1 aromatic carbocycles. The lowest BCUT2D eigenvalue weighted by Gasteiger charge is -2.20. The molecule has 102 valence electrons. The average Bonchev–Trinajstić information content (AvgIpc) is 2.45. The average molecular weight is 296 g/mol. The molecule has 0 radical (unpaired) electrons. The number of thiocarbonyl (C=S) groups is 1. The second-order valence-electron chi connectivity index (χ2n) is 3.73. The zero-order valence-corrected chi connectivity index (χ0v) is 12.8. The van der Waals surface area contributed by atoms with Crippen molar-refractivity contribution < 1.29 is 4.74 Å². The van der Waals surface area contributed by atoms with Gasteiger partial charge in [0.15, 0.2) is 4.98 Å². The monoisotopic (exact) mass is 296 g/mol. The van der Waals surface area contributed by atoms with Crippen LogP contribution in [-0.2, 0) is 0 Å². The van der Waals surface area contributed by atoms with E-state index in [4.69, 9.17) is 22.3 Å². The van der Waals surface area contributed by atoms with E-state index >= 15 is 0 Å². The molecule has 1 aromatic rings. The van der Waals surface area contributed by atoms with Gasteiger partial charge in [0.2, 0.25) is 5.39 Å². The van der Waals surface area contributed by atoms with Crippen LogP contribution in [-0.4, -0.2) is 34.7 Å². The highest BCUT2D eigenvalue weighted by Crippen LogP contribution is 2.18. The third kappa shape index (κ3) is 5.45. The maximum Gasteiger partial charge on any atom is 0.385 e. The minimum absolute atomic E-state index is 0.518. The van der Waals surface area contributed by atoms with Crippen LogP contribution in [0.1, 0.15) is 13.8 Å². The highest BCUT2D eigenvalue weighted by atomic mass is 32.2. The van der Waals surface area contributed by atoms with Crippen molar-refractivity contribution in [1.29, 1.82) is 5.39 Å². The van der Waals surface area contributed by atoms with E-state index in [-0.39, 0.29) is 0 Å². The quantitative estimate of drug-likeness (QED) is 0.452. The summed E-state index contributed by atoms with van der Waals surface area (Å²) < 4.78 is 6.50. The molecule has 0 saturated carbocycles. The second kappa shape index (κ2) is 8.73. The molecule has 0 aliphatic carbocycles. The van der Waals surface area contributed by atoms with E-state index in [2.05, 4.69) is 23.7 Å². The van der Waals surface area contributed by atoms with Crippen LogP contribution >= 0.6 is 24.0 Å². The van der Waals surface area contributed by atoms with Crippen molar-refractivity contribution in [3.8, 4) is 5.75 Å². The van der Waals surface area contributed by atoms with Crippen molar-refractivity contribution in [2.24, 2.45) is 0 Å². The summed E-state index contributed by atoms with van der Waals surface area (Å²) in [4.78, 5) is 5.24. The number of rotatable bonds is 6. The van der Waals surface area contributed by atoms with Crippen LogP contribution in [0.25, 0.3) is 4.98 Å². The number of hydrogen-bond donors (Lipinski definition) is 0. The van der Waals surface area contributed by atoms with Gasteiger partial charge in [-0.1, -0.05) is 24.0 Å². The Kier molecular flexibility index (Phi) is 7.23. The normalized spacial score (nSPS) is 9.74. The third-order valence-corrected chi connectivity index (χ3v) is 4.04. The molecule has 0 fully saturated rings. The molecule has 4 nitrogen and oxygen atoms in total. The van der Waals surface area contributed by atoms with Gasteiger partial charge in [-0.2, -0.15) is 0 Å². The highest BCUT2D eigenvalue weighted by Gasteiger charge is 2.06. The molecule has 0 aliphatic rings. The van der Waals surface area contributed by atoms with Crippen molar-refractivity contribution in [1.82, 2.24) is 4.90 Å². The van der Waals surface area contributed by atoms with Gasteiger partial charge in [0, 0.05) is 31.0 Å². The van der Waals surface area contributed by atoms with Crippen LogP contribution < -0.4 is 4.74 Å². The molecule has 0 spiro atoms. The predicted molar refractivity (Wildman–Crippen MR) is 84.7 cm³/mol. The van der Waals surface area contributed by atoms with E-state index in [1.165, 1.54) is 0 Å². The SMILES string of the molecule is CCN(CC)C(=S)SCCOc1ccc([N+]#N)cc1. The molecule has 0 atom stereocenters. The lowest BCUT2D eigenvalue weighted by atomic mass is 10.3. The van der Waals surface area contributed by atoms with Gasteiger partial charge >= 0.3 is 5.69 Å². The fraction of sp³-hybridized carbons (Fsp3) is 0.462. The van der Waals surface area contributed by atoms with Crippen molar-refractivity contribution >= 4 is 34.0 Å². The van der Waals surface area contributed by atoms with Crippen LogP contribution in [0.15, 0.2) is 24.3 Å². The van der Waals surface area contributed by atoms with Crippen molar-refractivity contribution in [2.75, 3.05) is 25.4 Å². The lowest BCUT2D eigenvalue weighted by molar-refractivity contribution is 0.344. The first-order valence-electron chi connectivity index (χ1n) is 6.20. The Morgan fingerprint density at radius 1 is 1.32 bits per heavy atom. The van der Waals surface area contributed by atoms with E-state index in [1.807, 2.05) is 0 Å². The standard InChI is InChI=1S/C13H18N3OS2/c1-3-16(4-2)13(18)19-10-9-17-12-7-5-11(15-14)6-8-12/h5-8H,3-4,9-10H2,1-2H3/q+1. The van der Waals surface area contributed by atoms with E-state index in [0.29, 0.717) is 12.3 Å². The zero-order chi connectivity index (χ0) is 14.1. The van der Waals surface area contributed by atoms with Crippen molar-refractivity contribution in [2.45, 2.75) is 13.8 Å². The molecule has 0 aliphatic heterocycles. The van der Waals surface area contributed by atoms with Crippen LogP contribution in [0.2, 0.25) is 0 Å². The first-order chi connectivity index (χ1) is 9.21. The molecule has 19 heavy (non-hydrogen) atoms. The molecular formula is C13H18N3OS2+. The maximum absolute atomic E-state index is 8.56. The van der Waals surface area contributed by atoms with Gasteiger partial charge in [-0.05, 0) is 26.0 Å². The first kappa shape index (κ1) is 15.7. The van der Waals surface area contributed by atoms with Crippen LogP contribution in [0.5, 0.6) is 5.75 Å². The summed E-state index contributed by atoms with van der Waals surface area (Å²) in [5, 5.41) is 8.56. The molecule has 0 aromatic heterocycles. The summed E-state index contributed by atoms with van der Waals surface area (Å²) in [6.07, 6.45) is 0. The molecule has 0 heterocycles. The number of thioether (sulfide) groups is 1. The number of diazo groups is 1. The van der Waals surface area contributed by atoms with Crippen molar-refractivity contribution in [3.05, 3.63) is 29.2 Å². The van der Waals surface area contributed by atoms with Gasteiger partial charge in [0.05, 0.1) is 6.61 Å². The van der Waals surface area contributed by atoms with Crippen molar-refractivity contribution in [3.63, 3.8) is 0 Å². The van der Waals surface area contributed by atoms with E-state index in [9.17, 15) is 0 Å². The Morgan fingerprint density at radius 3 is 2.47 bits per heavy atom. The van der Waals surface area contributed by atoms with Gasteiger partial charge in [0.1, 0.15) is 10.1 Å². The Bertz CT molecular complexity index is 438. The first-order valence-corrected chi connectivity index (χ1v) is 7.60. The molecule has 1 rings (SSSR count). The van der Waals surface area contributed by atoms with E-state index in [0.717, 1.165) is 28.9 Å². The predicted octanol–water partition coefficient (Wildman–Crippen LogP) is 3.91. The lowest BCUT2D eigenvalue weighted by Crippen LogP contribution is -2.27. The molecule has 0 N–H and O–H groups in total.